The maximum absolute atomic E-state index is 4.58. The largest absolute Gasteiger partial charge is 0.309 e. The lowest BCUT2D eigenvalue weighted by Crippen LogP contribution is -2.23. The molecule has 0 bridgehead atoms. The lowest BCUT2D eigenvalue weighted by molar-refractivity contribution is 0.522. The van der Waals surface area contributed by atoms with Crippen molar-refractivity contribution >= 4 is 11.3 Å². The van der Waals surface area contributed by atoms with Crippen molar-refractivity contribution in [1.82, 2.24) is 15.1 Å². The molecule has 3 nitrogen and oxygen atoms in total. The van der Waals surface area contributed by atoms with Crippen molar-refractivity contribution in [3.8, 4) is 0 Å². The second kappa shape index (κ2) is 6.32. The number of rotatable bonds is 6. The first kappa shape index (κ1) is 14.8. The summed E-state index contributed by atoms with van der Waals surface area (Å²) in [5.41, 5.74) is 4.06. The zero-order valence-corrected chi connectivity index (χ0v) is 14.1. The fraction of sp³-hybridized carbons (Fsp3) is 0.588. The number of aryl methyl sites for hydroxylation is 4. The SMILES string of the molecule is CCNC(Cc1cc(C)nn1CC)c1cc2c(s1)CCC2. The third-order valence-electron chi connectivity index (χ3n) is 4.26. The summed E-state index contributed by atoms with van der Waals surface area (Å²) in [4.78, 5) is 3.12. The van der Waals surface area contributed by atoms with Crippen LogP contribution in [0.4, 0.5) is 0 Å². The van der Waals surface area contributed by atoms with E-state index in [9.17, 15) is 0 Å². The van der Waals surface area contributed by atoms with Crippen LogP contribution in [0.15, 0.2) is 12.1 Å². The lowest BCUT2D eigenvalue weighted by atomic mass is 10.1. The van der Waals surface area contributed by atoms with Gasteiger partial charge in [0.2, 0.25) is 0 Å². The minimum Gasteiger partial charge on any atom is -0.309 e. The predicted molar refractivity (Wildman–Crippen MR) is 89.1 cm³/mol. The van der Waals surface area contributed by atoms with Gasteiger partial charge in [0.25, 0.3) is 0 Å². The van der Waals surface area contributed by atoms with E-state index in [4.69, 9.17) is 0 Å². The molecule has 2 aromatic rings. The molecule has 1 atom stereocenters. The number of aromatic nitrogens is 2. The van der Waals surface area contributed by atoms with Gasteiger partial charge in [-0.1, -0.05) is 6.92 Å². The van der Waals surface area contributed by atoms with Crippen LogP contribution in [-0.2, 0) is 25.8 Å². The van der Waals surface area contributed by atoms with Gasteiger partial charge in [0.05, 0.1) is 5.69 Å². The highest BCUT2D eigenvalue weighted by atomic mass is 32.1. The van der Waals surface area contributed by atoms with E-state index in [1.54, 1.807) is 10.4 Å². The highest BCUT2D eigenvalue weighted by molar-refractivity contribution is 7.12. The first-order valence-electron chi connectivity index (χ1n) is 8.09. The van der Waals surface area contributed by atoms with Crippen LogP contribution in [0.3, 0.4) is 0 Å². The Morgan fingerprint density at radius 2 is 2.19 bits per heavy atom. The summed E-state index contributed by atoms with van der Waals surface area (Å²) in [6, 6.07) is 5.10. The highest BCUT2D eigenvalue weighted by Crippen LogP contribution is 2.34. The molecule has 0 amide bonds. The van der Waals surface area contributed by atoms with Crippen LogP contribution in [0, 0.1) is 6.92 Å². The molecule has 0 saturated carbocycles. The molecule has 0 saturated heterocycles. The number of likely N-dealkylation sites (N-methyl/N-ethyl adjacent to an activating group) is 1. The van der Waals surface area contributed by atoms with Crippen LogP contribution in [0.5, 0.6) is 0 Å². The number of fused-ring (bicyclic) bond motifs is 1. The molecule has 0 spiro atoms. The number of nitrogens with one attached hydrogen (secondary N) is 1. The van der Waals surface area contributed by atoms with Crippen LogP contribution >= 0.6 is 11.3 Å². The molecule has 1 unspecified atom stereocenters. The van der Waals surface area contributed by atoms with Crippen molar-refractivity contribution in [3.63, 3.8) is 0 Å². The fourth-order valence-electron chi connectivity index (χ4n) is 3.29. The topological polar surface area (TPSA) is 29.9 Å². The van der Waals surface area contributed by atoms with Gasteiger partial charge in [0.1, 0.15) is 0 Å². The van der Waals surface area contributed by atoms with E-state index in [0.29, 0.717) is 6.04 Å². The first-order chi connectivity index (χ1) is 10.2. The molecular formula is C17H25N3S. The molecule has 0 aliphatic heterocycles. The summed E-state index contributed by atoms with van der Waals surface area (Å²) in [6.45, 7) is 8.39. The van der Waals surface area contributed by atoms with Gasteiger partial charge in [-0.25, -0.2) is 0 Å². The second-order valence-corrected chi connectivity index (χ2v) is 7.03. The summed E-state index contributed by atoms with van der Waals surface area (Å²) in [7, 11) is 0. The Morgan fingerprint density at radius 1 is 1.33 bits per heavy atom. The number of nitrogens with zero attached hydrogens (tertiary/aromatic N) is 2. The molecule has 0 radical (unpaired) electrons. The Balaban J connectivity index is 1.83. The molecule has 1 aliphatic rings. The molecule has 2 aromatic heterocycles. The van der Waals surface area contributed by atoms with Gasteiger partial charge in [0.15, 0.2) is 0 Å². The fourth-order valence-corrected chi connectivity index (χ4v) is 4.62. The van der Waals surface area contributed by atoms with Gasteiger partial charge >= 0.3 is 0 Å². The van der Waals surface area contributed by atoms with E-state index in [2.05, 4.69) is 48.0 Å². The molecule has 0 fully saturated rings. The maximum atomic E-state index is 4.58. The number of hydrogen-bond donors (Lipinski definition) is 1. The van der Waals surface area contributed by atoms with Crippen molar-refractivity contribution in [2.45, 2.75) is 59.0 Å². The summed E-state index contributed by atoms with van der Waals surface area (Å²) >= 11 is 2.02. The summed E-state index contributed by atoms with van der Waals surface area (Å²) in [5, 5.41) is 8.24. The van der Waals surface area contributed by atoms with Gasteiger partial charge in [0, 0.05) is 34.5 Å². The van der Waals surface area contributed by atoms with E-state index in [-0.39, 0.29) is 0 Å². The third-order valence-corrected chi connectivity index (χ3v) is 5.61. The van der Waals surface area contributed by atoms with E-state index >= 15 is 0 Å². The molecule has 3 rings (SSSR count). The van der Waals surface area contributed by atoms with E-state index in [1.165, 1.54) is 29.8 Å². The standard InChI is InChI=1S/C17H25N3S/c1-4-18-15(11-14-9-12(3)19-20(14)5-2)17-10-13-7-6-8-16(13)21-17/h9-10,15,18H,4-8,11H2,1-3H3. The summed E-state index contributed by atoms with van der Waals surface area (Å²) < 4.78 is 2.14. The molecule has 1 aliphatic carbocycles. The third kappa shape index (κ3) is 3.06. The molecule has 1 N–H and O–H groups in total. The van der Waals surface area contributed by atoms with Crippen molar-refractivity contribution in [2.24, 2.45) is 0 Å². The van der Waals surface area contributed by atoms with Gasteiger partial charge in [-0.2, -0.15) is 5.10 Å². The molecule has 114 valence electrons. The average Bonchev–Trinajstić information content (AvgIpc) is 3.11. The lowest BCUT2D eigenvalue weighted by Gasteiger charge is -2.17. The Labute approximate surface area is 131 Å². The molecule has 0 aromatic carbocycles. The highest BCUT2D eigenvalue weighted by Gasteiger charge is 2.21. The first-order valence-corrected chi connectivity index (χ1v) is 8.91. The zero-order valence-electron chi connectivity index (χ0n) is 13.3. The van der Waals surface area contributed by atoms with Crippen LogP contribution in [-0.4, -0.2) is 16.3 Å². The van der Waals surface area contributed by atoms with Crippen LogP contribution < -0.4 is 5.32 Å². The van der Waals surface area contributed by atoms with Gasteiger partial charge in [-0.05, 0) is 57.4 Å². The van der Waals surface area contributed by atoms with Gasteiger partial charge < -0.3 is 5.32 Å². The van der Waals surface area contributed by atoms with Crippen molar-refractivity contribution < 1.29 is 0 Å². The van der Waals surface area contributed by atoms with Crippen LogP contribution in [0.25, 0.3) is 0 Å². The number of thiophene rings is 1. The minimum absolute atomic E-state index is 0.423. The van der Waals surface area contributed by atoms with Crippen molar-refractivity contribution in [1.29, 1.82) is 0 Å². The maximum Gasteiger partial charge on any atom is 0.0596 e. The summed E-state index contributed by atoms with van der Waals surface area (Å²) in [5.74, 6) is 0. The van der Waals surface area contributed by atoms with Crippen molar-refractivity contribution in [3.05, 3.63) is 38.8 Å². The Morgan fingerprint density at radius 3 is 2.90 bits per heavy atom. The zero-order chi connectivity index (χ0) is 14.8. The Hall–Kier alpha value is -1.13. The molecule has 2 heterocycles. The quantitative estimate of drug-likeness (QED) is 0.882. The number of hydrogen-bond acceptors (Lipinski definition) is 3. The normalized spacial score (nSPS) is 15.4. The smallest absolute Gasteiger partial charge is 0.0596 e. The van der Waals surface area contributed by atoms with Crippen molar-refractivity contribution in [2.75, 3.05) is 6.54 Å². The van der Waals surface area contributed by atoms with E-state index < -0.39 is 0 Å². The van der Waals surface area contributed by atoms with Gasteiger partial charge in [-0.15, -0.1) is 11.3 Å². The molecule has 4 heteroatoms. The van der Waals surface area contributed by atoms with E-state index in [1.807, 2.05) is 11.3 Å². The van der Waals surface area contributed by atoms with E-state index in [0.717, 1.165) is 25.2 Å². The van der Waals surface area contributed by atoms with Gasteiger partial charge in [-0.3, -0.25) is 4.68 Å². The Kier molecular flexibility index (Phi) is 4.45. The minimum atomic E-state index is 0.423. The molecule has 21 heavy (non-hydrogen) atoms. The Bertz CT molecular complexity index is 590. The average molecular weight is 303 g/mol. The van der Waals surface area contributed by atoms with Crippen LogP contribution in [0.2, 0.25) is 0 Å². The second-order valence-electron chi connectivity index (χ2n) is 5.86. The molecular weight excluding hydrogens is 278 g/mol. The predicted octanol–water partition coefficient (Wildman–Crippen LogP) is 3.65. The van der Waals surface area contributed by atoms with Crippen LogP contribution in [0.1, 0.15) is 53.0 Å². The monoisotopic (exact) mass is 303 g/mol. The summed E-state index contributed by atoms with van der Waals surface area (Å²) in [6.07, 6.45) is 4.93.